The number of hydrogen-bond donors (Lipinski definition) is 0. The molecule has 5 nitrogen and oxygen atoms in total. The third kappa shape index (κ3) is 9.90. The Labute approximate surface area is 192 Å². The standard InChI is InChI=1S/C25H39NO4S/c1-6-7-8-9-10-11-12-13-14-24(29)31-18-22(27)26(17-23(28)30-5)25-20(3)16-15-19(2)21(25)4/h15-16H,6-14,17-18H2,1-5H3. The molecule has 0 aliphatic heterocycles. The first-order chi connectivity index (χ1) is 14.8. The number of methoxy groups -OCH3 is 1. The number of esters is 1. The number of ether oxygens (including phenoxy) is 1. The summed E-state index contributed by atoms with van der Waals surface area (Å²) in [7, 11) is 1.31. The van der Waals surface area contributed by atoms with Crippen LogP contribution in [0.2, 0.25) is 0 Å². The summed E-state index contributed by atoms with van der Waals surface area (Å²) >= 11 is 1.05. The lowest BCUT2D eigenvalue weighted by molar-refractivity contribution is -0.139. The van der Waals surface area contributed by atoms with Gasteiger partial charge in [-0.3, -0.25) is 19.3 Å². The summed E-state index contributed by atoms with van der Waals surface area (Å²) in [5, 5.41) is 0.0371. The predicted molar refractivity (Wildman–Crippen MR) is 130 cm³/mol. The molecule has 0 spiro atoms. The Kier molecular flexibility index (Phi) is 13.2. The molecule has 31 heavy (non-hydrogen) atoms. The first-order valence-corrected chi connectivity index (χ1v) is 12.4. The van der Waals surface area contributed by atoms with Crippen LogP contribution in [0.15, 0.2) is 12.1 Å². The summed E-state index contributed by atoms with van der Waals surface area (Å²) in [6, 6.07) is 3.94. The Morgan fingerprint density at radius 3 is 2.10 bits per heavy atom. The first kappa shape index (κ1) is 27.2. The molecule has 6 heteroatoms. The minimum Gasteiger partial charge on any atom is -0.468 e. The molecule has 0 aliphatic carbocycles. The van der Waals surface area contributed by atoms with E-state index in [1.165, 1.54) is 50.5 Å². The van der Waals surface area contributed by atoms with Gasteiger partial charge in [0.05, 0.1) is 18.6 Å². The van der Waals surface area contributed by atoms with Crippen molar-refractivity contribution in [1.82, 2.24) is 0 Å². The molecule has 0 bridgehead atoms. The number of unbranched alkanes of at least 4 members (excludes halogenated alkanes) is 7. The molecule has 0 aliphatic rings. The van der Waals surface area contributed by atoms with Gasteiger partial charge in [0, 0.05) is 6.42 Å². The number of carbonyl (C=O) groups is 3. The molecule has 0 atom stereocenters. The van der Waals surface area contributed by atoms with Crippen molar-refractivity contribution in [3.8, 4) is 0 Å². The molecule has 1 rings (SSSR count). The quantitative estimate of drug-likeness (QED) is 0.261. The zero-order chi connectivity index (χ0) is 23.2. The lowest BCUT2D eigenvalue weighted by atomic mass is 10.0. The number of aryl methyl sites for hydroxylation is 2. The van der Waals surface area contributed by atoms with E-state index < -0.39 is 5.97 Å². The molecular formula is C25H39NO4S. The molecule has 0 saturated heterocycles. The summed E-state index contributed by atoms with van der Waals surface area (Å²) in [4.78, 5) is 38.6. The van der Waals surface area contributed by atoms with Crippen LogP contribution in [0.4, 0.5) is 5.69 Å². The van der Waals surface area contributed by atoms with Gasteiger partial charge in [-0.2, -0.15) is 0 Å². The number of amides is 1. The van der Waals surface area contributed by atoms with Crippen molar-refractivity contribution >= 4 is 34.4 Å². The zero-order valence-corrected chi connectivity index (χ0v) is 20.7. The van der Waals surface area contributed by atoms with E-state index in [9.17, 15) is 14.4 Å². The third-order valence-corrected chi connectivity index (χ3v) is 6.50. The van der Waals surface area contributed by atoms with Crippen LogP contribution in [0.1, 0.15) is 81.4 Å². The Hall–Kier alpha value is -1.82. The predicted octanol–water partition coefficient (Wildman–Crippen LogP) is 5.91. The van der Waals surface area contributed by atoms with Crippen LogP contribution in [-0.2, 0) is 19.1 Å². The van der Waals surface area contributed by atoms with Gasteiger partial charge in [0.2, 0.25) is 5.91 Å². The van der Waals surface area contributed by atoms with Crippen LogP contribution >= 0.6 is 11.8 Å². The van der Waals surface area contributed by atoms with E-state index in [-0.39, 0.29) is 23.3 Å². The summed E-state index contributed by atoms with van der Waals surface area (Å²) in [6.45, 7) is 7.88. The fourth-order valence-electron chi connectivity index (χ4n) is 3.53. The molecule has 1 aromatic rings. The van der Waals surface area contributed by atoms with Crippen molar-refractivity contribution in [3.63, 3.8) is 0 Å². The van der Waals surface area contributed by atoms with Gasteiger partial charge < -0.3 is 4.74 Å². The van der Waals surface area contributed by atoms with Gasteiger partial charge in [-0.05, 0) is 43.9 Å². The lowest BCUT2D eigenvalue weighted by Crippen LogP contribution is -2.38. The summed E-state index contributed by atoms with van der Waals surface area (Å²) in [6.07, 6.45) is 9.96. The molecule has 1 amide bonds. The van der Waals surface area contributed by atoms with Crippen molar-refractivity contribution in [2.75, 3.05) is 24.3 Å². The fraction of sp³-hybridized carbons (Fsp3) is 0.640. The number of benzene rings is 1. The van der Waals surface area contributed by atoms with Gasteiger partial charge in [0.25, 0.3) is 0 Å². The summed E-state index contributed by atoms with van der Waals surface area (Å²) < 4.78 is 4.79. The fourth-order valence-corrected chi connectivity index (χ4v) is 4.26. The summed E-state index contributed by atoms with van der Waals surface area (Å²) in [5.74, 6) is -0.708. The van der Waals surface area contributed by atoms with E-state index in [4.69, 9.17) is 4.74 Å². The molecule has 0 aromatic heterocycles. The van der Waals surface area contributed by atoms with Gasteiger partial charge in [0.15, 0.2) is 5.12 Å². The molecule has 0 fully saturated rings. The smallest absolute Gasteiger partial charge is 0.325 e. The van der Waals surface area contributed by atoms with Crippen molar-refractivity contribution in [2.24, 2.45) is 0 Å². The highest BCUT2D eigenvalue weighted by molar-refractivity contribution is 8.14. The zero-order valence-electron chi connectivity index (χ0n) is 19.9. The number of hydrogen-bond acceptors (Lipinski definition) is 5. The number of thioether (sulfide) groups is 1. The molecular weight excluding hydrogens is 410 g/mol. The van der Waals surface area contributed by atoms with Crippen LogP contribution in [0.5, 0.6) is 0 Å². The monoisotopic (exact) mass is 449 g/mol. The largest absolute Gasteiger partial charge is 0.468 e. The van der Waals surface area contributed by atoms with Crippen molar-refractivity contribution in [1.29, 1.82) is 0 Å². The SMILES string of the molecule is CCCCCCCCCCC(=O)SCC(=O)N(CC(=O)OC)c1c(C)ccc(C)c1C. The van der Waals surface area contributed by atoms with Crippen LogP contribution in [0.3, 0.4) is 0 Å². The van der Waals surface area contributed by atoms with Crippen molar-refractivity contribution in [2.45, 2.75) is 85.5 Å². The second-order valence-electron chi connectivity index (χ2n) is 8.11. The van der Waals surface area contributed by atoms with Crippen LogP contribution in [0, 0.1) is 20.8 Å². The van der Waals surface area contributed by atoms with Crippen LogP contribution < -0.4 is 4.90 Å². The topological polar surface area (TPSA) is 63.7 Å². The van der Waals surface area contributed by atoms with E-state index in [1.807, 2.05) is 32.9 Å². The van der Waals surface area contributed by atoms with Gasteiger partial charge >= 0.3 is 5.97 Å². The van der Waals surface area contributed by atoms with E-state index in [0.717, 1.165) is 47.0 Å². The molecule has 0 radical (unpaired) electrons. The minimum absolute atomic E-state index is 0.0274. The number of rotatable bonds is 14. The second kappa shape index (κ2) is 15.1. The maximum Gasteiger partial charge on any atom is 0.325 e. The van der Waals surface area contributed by atoms with E-state index >= 15 is 0 Å². The first-order valence-electron chi connectivity index (χ1n) is 11.4. The maximum atomic E-state index is 13.0. The molecule has 0 unspecified atom stereocenters. The molecule has 0 heterocycles. The molecule has 174 valence electrons. The van der Waals surface area contributed by atoms with Crippen LogP contribution in [0.25, 0.3) is 0 Å². The Morgan fingerprint density at radius 2 is 1.48 bits per heavy atom. The van der Waals surface area contributed by atoms with Crippen molar-refractivity contribution < 1.29 is 19.1 Å². The normalized spacial score (nSPS) is 10.7. The Bertz CT molecular complexity index is 732. The minimum atomic E-state index is -0.482. The van der Waals surface area contributed by atoms with Crippen molar-refractivity contribution in [3.05, 3.63) is 28.8 Å². The maximum absolute atomic E-state index is 13.0. The molecule has 0 N–H and O–H groups in total. The highest BCUT2D eigenvalue weighted by Crippen LogP contribution is 2.28. The number of carbonyl (C=O) groups excluding carboxylic acids is 3. The second-order valence-corrected chi connectivity index (χ2v) is 9.15. The highest BCUT2D eigenvalue weighted by Gasteiger charge is 2.24. The number of nitrogens with zero attached hydrogens (tertiary/aromatic N) is 1. The average molecular weight is 450 g/mol. The Balaban J connectivity index is 2.58. The van der Waals surface area contributed by atoms with Gasteiger partial charge in [-0.1, -0.05) is 75.8 Å². The van der Waals surface area contributed by atoms with Gasteiger partial charge in [0.1, 0.15) is 6.54 Å². The molecule has 1 aromatic carbocycles. The van der Waals surface area contributed by atoms with Gasteiger partial charge in [-0.25, -0.2) is 0 Å². The summed E-state index contributed by atoms with van der Waals surface area (Å²) in [5.41, 5.74) is 3.64. The lowest BCUT2D eigenvalue weighted by Gasteiger charge is -2.26. The van der Waals surface area contributed by atoms with Gasteiger partial charge in [-0.15, -0.1) is 0 Å². The average Bonchev–Trinajstić information content (AvgIpc) is 2.75. The van der Waals surface area contributed by atoms with Crippen LogP contribution in [-0.4, -0.2) is 36.4 Å². The third-order valence-electron chi connectivity index (χ3n) is 5.58. The Morgan fingerprint density at radius 1 is 0.903 bits per heavy atom. The van der Waals surface area contributed by atoms with E-state index in [0.29, 0.717) is 6.42 Å². The molecule has 0 saturated carbocycles. The van der Waals surface area contributed by atoms with E-state index in [2.05, 4.69) is 6.92 Å². The van der Waals surface area contributed by atoms with E-state index in [1.54, 1.807) is 0 Å². The number of anilines is 1. The highest BCUT2D eigenvalue weighted by atomic mass is 32.2.